The Hall–Kier alpha value is -4.59. The molecule has 0 bridgehead atoms. The largest absolute Gasteiger partial charge is 0.503 e. The van der Waals surface area contributed by atoms with Crippen molar-refractivity contribution >= 4 is 29.8 Å². The molecule has 0 heterocycles. The van der Waals surface area contributed by atoms with Crippen LogP contribution in [0, 0.1) is 0 Å². The van der Waals surface area contributed by atoms with E-state index >= 15 is 0 Å². The quantitative estimate of drug-likeness (QED) is 0.227. The number of rotatable bonds is 10. The Kier molecular flexibility index (Phi) is 8.83. The van der Waals surface area contributed by atoms with Crippen molar-refractivity contribution in [3.8, 4) is 34.5 Å². The van der Waals surface area contributed by atoms with Gasteiger partial charge in [0.15, 0.2) is 23.0 Å². The van der Waals surface area contributed by atoms with Crippen LogP contribution in [0.5, 0.6) is 34.5 Å². The number of benzene rings is 3. The summed E-state index contributed by atoms with van der Waals surface area (Å²) in [5.41, 5.74) is 2.26. The Morgan fingerprint density at radius 3 is 1.97 bits per heavy atom. The molecular weight excluding hydrogens is 462 g/mol. The summed E-state index contributed by atoms with van der Waals surface area (Å²) < 4.78 is 26.7. The number of carbonyl (C=O) groups excluding carboxylic acids is 1. The summed E-state index contributed by atoms with van der Waals surface area (Å²) in [7, 11) is 7.62. The van der Waals surface area contributed by atoms with E-state index in [0.717, 1.165) is 11.1 Å². The second kappa shape index (κ2) is 12.2. The number of phenolic OH excluding ortho intramolecular Hbond substituents is 1. The minimum atomic E-state index is -0.438. The lowest BCUT2D eigenvalue weighted by atomic mass is 10.1. The fraction of sp³-hybridized carbons (Fsp3) is 0.179. The van der Waals surface area contributed by atoms with Crippen LogP contribution in [0.25, 0.3) is 18.2 Å². The van der Waals surface area contributed by atoms with Crippen molar-refractivity contribution in [1.29, 1.82) is 0 Å². The highest BCUT2D eigenvalue weighted by Crippen LogP contribution is 2.40. The zero-order chi connectivity index (χ0) is 26.1. The van der Waals surface area contributed by atoms with E-state index in [1.165, 1.54) is 20.3 Å². The van der Waals surface area contributed by atoms with E-state index in [2.05, 4.69) is 5.32 Å². The number of hydrogen-bond donors (Lipinski definition) is 2. The highest BCUT2D eigenvalue weighted by Gasteiger charge is 2.15. The summed E-state index contributed by atoms with van der Waals surface area (Å²) in [6.07, 6.45) is 6.55. The molecule has 0 spiro atoms. The van der Waals surface area contributed by atoms with Crippen molar-refractivity contribution < 1.29 is 33.6 Å². The first-order valence-electron chi connectivity index (χ1n) is 11.0. The average Bonchev–Trinajstić information content (AvgIpc) is 2.91. The van der Waals surface area contributed by atoms with Gasteiger partial charge in [-0.25, -0.2) is 0 Å². The third kappa shape index (κ3) is 5.90. The molecule has 0 aliphatic heterocycles. The number of hydrogen-bond acceptors (Lipinski definition) is 7. The minimum Gasteiger partial charge on any atom is -0.503 e. The normalized spacial score (nSPS) is 10.9. The molecule has 188 valence electrons. The van der Waals surface area contributed by atoms with Crippen LogP contribution >= 0.6 is 0 Å². The van der Waals surface area contributed by atoms with Crippen LogP contribution in [0.2, 0.25) is 0 Å². The Morgan fingerprint density at radius 2 is 1.36 bits per heavy atom. The number of para-hydroxylation sites is 1. The van der Waals surface area contributed by atoms with Crippen molar-refractivity contribution in [1.82, 2.24) is 0 Å². The van der Waals surface area contributed by atoms with E-state index in [1.807, 2.05) is 18.2 Å². The maximum atomic E-state index is 12.7. The molecule has 0 saturated heterocycles. The smallest absolute Gasteiger partial charge is 0.248 e. The highest BCUT2D eigenvalue weighted by molar-refractivity contribution is 6.05. The number of ether oxygens (including phenoxy) is 5. The Bertz CT molecular complexity index is 1260. The summed E-state index contributed by atoms with van der Waals surface area (Å²) in [5, 5.41) is 13.5. The van der Waals surface area contributed by atoms with Crippen LogP contribution in [0.15, 0.2) is 54.6 Å². The number of nitrogens with one attached hydrogen (secondary N) is 1. The topological polar surface area (TPSA) is 95.5 Å². The zero-order valence-electron chi connectivity index (χ0n) is 20.8. The van der Waals surface area contributed by atoms with Crippen LogP contribution in [-0.2, 0) is 4.79 Å². The van der Waals surface area contributed by atoms with Crippen molar-refractivity contribution in [2.45, 2.75) is 0 Å². The third-order valence-electron chi connectivity index (χ3n) is 5.34. The number of carbonyl (C=O) groups is 1. The van der Waals surface area contributed by atoms with Crippen molar-refractivity contribution in [2.75, 3.05) is 40.9 Å². The number of anilines is 1. The van der Waals surface area contributed by atoms with Crippen LogP contribution in [0.1, 0.15) is 16.7 Å². The van der Waals surface area contributed by atoms with Crippen LogP contribution in [0.4, 0.5) is 5.69 Å². The molecular formula is C28H29NO7. The van der Waals surface area contributed by atoms with E-state index in [0.29, 0.717) is 28.6 Å². The molecule has 0 atom stereocenters. The van der Waals surface area contributed by atoms with E-state index in [9.17, 15) is 9.90 Å². The molecule has 0 aliphatic rings. The number of methoxy groups -OCH3 is 5. The van der Waals surface area contributed by atoms with E-state index in [-0.39, 0.29) is 17.2 Å². The predicted molar refractivity (Wildman–Crippen MR) is 140 cm³/mol. The summed E-state index contributed by atoms with van der Waals surface area (Å²) >= 11 is 0. The Morgan fingerprint density at radius 1 is 0.722 bits per heavy atom. The van der Waals surface area contributed by atoms with Crippen molar-refractivity contribution in [2.24, 2.45) is 0 Å². The maximum absolute atomic E-state index is 12.7. The molecule has 2 N–H and O–H groups in total. The van der Waals surface area contributed by atoms with Crippen LogP contribution < -0.4 is 29.0 Å². The molecule has 0 aliphatic carbocycles. The number of phenols is 1. The van der Waals surface area contributed by atoms with Gasteiger partial charge in [-0.2, -0.15) is 0 Å². The van der Waals surface area contributed by atoms with Gasteiger partial charge < -0.3 is 34.1 Å². The highest BCUT2D eigenvalue weighted by atomic mass is 16.5. The van der Waals surface area contributed by atoms with E-state index < -0.39 is 5.91 Å². The van der Waals surface area contributed by atoms with Crippen molar-refractivity contribution in [3.63, 3.8) is 0 Å². The van der Waals surface area contributed by atoms with Crippen molar-refractivity contribution in [3.05, 3.63) is 71.3 Å². The average molecular weight is 492 g/mol. The van der Waals surface area contributed by atoms with Gasteiger partial charge >= 0.3 is 0 Å². The van der Waals surface area contributed by atoms with Gasteiger partial charge in [-0.05, 0) is 42.0 Å². The monoisotopic (exact) mass is 491 g/mol. The van der Waals surface area contributed by atoms with Gasteiger partial charge in [-0.1, -0.05) is 30.4 Å². The van der Waals surface area contributed by atoms with E-state index in [4.69, 9.17) is 23.7 Å². The SMILES string of the molecule is COc1ccccc1/C=C/C(=O)Nc1c(C=Cc2cc(OC)c(OC)c(OC)c2)ccc(OC)c1O. The Labute approximate surface area is 210 Å². The molecule has 8 heteroatoms. The minimum absolute atomic E-state index is 0.191. The molecule has 3 aromatic carbocycles. The number of aromatic hydroxyl groups is 1. The molecule has 3 rings (SSSR count). The lowest BCUT2D eigenvalue weighted by molar-refractivity contribution is -0.111. The van der Waals surface area contributed by atoms with Crippen LogP contribution in [-0.4, -0.2) is 46.6 Å². The maximum Gasteiger partial charge on any atom is 0.248 e. The standard InChI is InChI=1S/C28H29NO7/c1-32-21-9-7-6-8-19(21)13-15-25(30)29-26-20(12-14-22(33-2)27(26)31)11-10-18-16-23(34-3)28(36-5)24(17-18)35-4/h6-17,31H,1-5H3,(H,29,30)/b11-10?,15-13+. The van der Waals surface area contributed by atoms with Gasteiger partial charge in [0.05, 0.1) is 41.2 Å². The summed E-state index contributed by atoms with van der Waals surface area (Å²) in [6, 6.07) is 14.2. The molecule has 0 fully saturated rings. The van der Waals surface area contributed by atoms with Gasteiger partial charge in [0.2, 0.25) is 11.7 Å². The van der Waals surface area contributed by atoms with Gasteiger partial charge in [0.25, 0.3) is 0 Å². The lowest BCUT2D eigenvalue weighted by Crippen LogP contribution is -2.09. The zero-order valence-corrected chi connectivity index (χ0v) is 20.8. The molecule has 0 aromatic heterocycles. The second-order valence-electron chi connectivity index (χ2n) is 7.44. The van der Waals surface area contributed by atoms with Gasteiger partial charge in [-0.3, -0.25) is 4.79 Å². The van der Waals surface area contributed by atoms with Crippen LogP contribution in [0.3, 0.4) is 0 Å². The first kappa shape index (κ1) is 26.0. The molecule has 0 unspecified atom stereocenters. The lowest BCUT2D eigenvalue weighted by Gasteiger charge is -2.14. The third-order valence-corrected chi connectivity index (χ3v) is 5.34. The first-order chi connectivity index (χ1) is 17.4. The fourth-order valence-electron chi connectivity index (χ4n) is 3.54. The van der Waals surface area contributed by atoms with Gasteiger partial charge in [0.1, 0.15) is 5.75 Å². The number of amides is 1. The molecule has 1 amide bonds. The fourth-order valence-corrected chi connectivity index (χ4v) is 3.54. The second-order valence-corrected chi connectivity index (χ2v) is 7.44. The molecule has 36 heavy (non-hydrogen) atoms. The van der Waals surface area contributed by atoms with E-state index in [1.54, 1.807) is 69.9 Å². The first-order valence-corrected chi connectivity index (χ1v) is 11.0. The molecule has 0 radical (unpaired) electrons. The predicted octanol–water partition coefficient (Wildman–Crippen LogP) is 5.26. The van der Waals surface area contributed by atoms with Gasteiger partial charge in [0, 0.05) is 17.2 Å². The molecule has 8 nitrogen and oxygen atoms in total. The Balaban J connectivity index is 1.94. The summed E-state index contributed by atoms with van der Waals surface area (Å²) in [5.74, 6) is 1.72. The summed E-state index contributed by atoms with van der Waals surface area (Å²) in [6.45, 7) is 0. The molecule has 0 saturated carbocycles. The van der Waals surface area contributed by atoms with Gasteiger partial charge in [-0.15, -0.1) is 0 Å². The molecule has 3 aromatic rings. The summed E-state index contributed by atoms with van der Waals surface area (Å²) in [4.78, 5) is 12.7.